The maximum absolute atomic E-state index is 6.30. The van der Waals surface area contributed by atoms with E-state index in [-0.39, 0.29) is 6.04 Å². The Morgan fingerprint density at radius 1 is 1.05 bits per heavy atom. The number of aryl methyl sites for hydroxylation is 2. The average molecular weight is 302 g/mol. The molecule has 0 amide bonds. The van der Waals surface area contributed by atoms with Crippen molar-refractivity contribution in [3.8, 4) is 0 Å². The second kappa shape index (κ2) is 7.63. The molecule has 0 heterocycles. The van der Waals surface area contributed by atoms with Crippen molar-refractivity contribution in [1.82, 2.24) is 5.32 Å². The predicted molar refractivity (Wildman–Crippen MR) is 92.1 cm³/mol. The zero-order valence-corrected chi connectivity index (χ0v) is 13.9. The van der Waals surface area contributed by atoms with Gasteiger partial charge in [-0.3, -0.25) is 0 Å². The molecule has 0 saturated carbocycles. The number of nitrogens with one attached hydrogen (secondary N) is 1. The molecule has 2 rings (SSSR count). The summed E-state index contributed by atoms with van der Waals surface area (Å²) in [6.45, 7) is 7.32. The molecule has 0 aromatic heterocycles. The number of rotatable bonds is 6. The summed E-state index contributed by atoms with van der Waals surface area (Å²) in [7, 11) is 0. The lowest BCUT2D eigenvalue weighted by Crippen LogP contribution is -2.22. The molecule has 1 nitrogen and oxygen atoms in total. The van der Waals surface area contributed by atoms with Gasteiger partial charge in [0.15, 0.2) is 0 Å². The van der Waals surface area contributed by atoms with Gasteiger partial charge in [0.1, 0.15) is 0 Å². The molecule has 0 saturated heterocycles. The molecule has 2 heteroatoms. The Balaban J connectivity index is 2.37. The first kappa shape index (κ1) is 16.1. The van der Waals surface area contributed by atoms with Gasteiger partial charge >= 0.3 is 0 Å². The lowest BCUT2D eigenvalue weighted by Gasteiger charge is -2.20. The first-order valence-electron chi connectivity index (χ1n) is 7.74. The molecule has 0 fully saturated rings. The molecule has 0 spiro atoms. The summed E-state index contributed by atoms with van der Waals surface area (Å²) < 4.78 is 0. The SMILES string of the molecule is CCCc1cccc(C(NCC)c2ccc(C)c(Cl)c2)c1. The summed E-state index contributed by atoms with van der Waals surface area (Å²) in [4.78, 5) is 0. The molecule has 2 aromatic rings. The minimum Gasteiger partial charge on any atom is -0.307 e. The second-order valence-electron chi connectivity index (χ2n) is 5.49. The third-order valence-corrected chi connectivity index (χ3v) is 4.17. The van der Waals surface area contributed by atoms with Crippen LogP contribution in [0.2, 0.25) is 5.02 Å². The second-order valence-corrected chi connectivity index (χ2v) is 5.90. The summed E-state index contributed by atoms with van der Waals surface area (Å²) in [5.74, 6) is 0. The Hall–Kier alpha value is -1.31. The number of halogens is 1. The molecule has 0 aliphatic heterocycles. The van der Waals surface area contributed by atoms with Crippen molar-refractivity contribution in [2.45, 2.75) is 39.7 Å². The fourth-order valence-electron chi connectivity index (χ4n) is 2.64. The van der Waals surface area contributed by atoms with E-state index in [1.807, 2.05) is 6.92 Å². The maximum atomic E-state index is 6.30. The summed E-state index contributed by atoms with van der Waals surface area (Å²) in [5, 5.41) is 4.41. The highest BCUT2D eigenvalue weighted by Gasteiger charge is 2.14. The lowest BCUT2D eigenvalue weighted by atomic mass is 9.95. The minimum absolute atomic E-state index is 0.199. The molecule has 1 unspecified atom stereocenters. The monoisotopic (exact) mass is 301 g/mol. The molecular weight excluding hydrogens is 278 g/mol. The minimum atomic E-state index is 0.199. The summed E-state index contributed by atoms with van der Waals surface area (Å²) >= 11 is 6.30. The molecular formula is C19H24ClN. The normalized spacial score (nSPS) is 12.4. The van der Waals surface area contributed by atoms with Crippen LogP contribution in [0.1, 0.15) is 48.6 Å². The van der Waals surface area contributed by atoms with Crippen LogP contribution in [-0.2, 0) is 6.42 Å². The highest BCUT2D eigenvalue weighted by Crippen LogP contribution is 2.27. The van der Waals surface area contributed by atoms with Crippen molar-refractivity contribution in [1.29, 1.82) is 0 Å². The quantitative estimate of drug-likeness (QED) is 0.763. The van der Waals surface area contributed by atoms with E-state index in [1.165, 1.54) is 23.1 Å². The van der Waals surface area contributed by atoms with Crippen molar-refractivity contribution < 1.29 is 0 Å². The van der Waals surface area contributed by atoms with E-state index in [9.17, 15) is 0 Å². The van der Waals surface area contributed by atoms with Crippen molar-refractivity contribution >= 4 is 11.6 Å². The zero-order chi connectivity index (χ0) is 15.2. The van der Waals surface area contributed by atoms with Crippen LogP contribution >= 0.6 is 11.6 Å². The molecule has 0 bridgehead atoms. The lowest BCUT2D eigenvalue weighted by molar-refractivity contribution is 0.629. The Labute approximate surface area is 133 Å². The van der Waals surface area contributed by atoms with E-state index in [4.69, 9.17) is 11.6 Å². The fourth-order valence-corrected chi connectivity index (χ4v) is 2.83. The van der Waals surface area contributed by atoms with Crippen LogP contribution in [0.5, 0.6) is 0 Å². The Morgan fingerprint density at radius 3 is 2.48 bits per heavy atom. The summed E-state index contributed by atoms with van der Waals surface area (Å²) in [5.41, 5.74) is 5.05. The highest BCUT2D eigenvalue weighted by atomic mass is 35.5. The first-order valence-corrected chi connectivity index (χ1v) is 8.11. The summed E-state index contributed by atoms with van der Waals surface area (Å²) in [6.07, 6.45) is 2.30. The Bertz CT molecular complexity index is 592. The van der Waals surface area contributed by atoms with Crippen LogP contribution in [-0.4, -0.2) is 6.54 Å². The van der Waals surface area contributed by atoms with Crippen LogP contribution in [0.15, 0.2) is 42.5 Å². The van der Waals surface area contributed by atoms with Crippen molar-refractivity contribution in [3.63, 3.8) is 0 Å². The van der Waals surface area contributed by atoms with E-state index in [0.717, 1.165) is 23.6 Å². The van der Waals surface area contributed by atoms with Crippen LogP contribution in [0.3, 0.4) is 0 Å². The number of hydrogen-bond donors (Lipinski definition) is 1. The molecule has 0 aliphatic carbocycles. The van der Waals surface area contributed by atoms with E-state index >= 15 is 0 Å². The van der Waals surface area contributed by atoms with Crippen LogP contribution in [0.25, 0.3) is 0 Å². The largest absolute Gasteiger partial charge is 0.307 e. The van der Waals surface area contributed by atoms with Gasteiger partial charge in [-0.05, 0) is 48.2 Å². The standard InChI is InChI=1S/C19H24ClN/c1-4-7-15-8-6-9-16(12-15)19(21-5-2)17-11-10-14(3)18(20)13-17/h6,8-13,19,21H,4-5,7H2,1-3H3. The first-order chi connectivity index (χ1) is 10.2. The van der Waals surface area contributed by atoms with E-state index in [2.05, 4.69) is 61.6 Å². The van der Waals surface area contributed by atoms with Gasteiger partial charge < -0.3 is 5.32 Å². The van der Waals surface area contributed by atoms with Gasteiger partial charge in [0.2, 0.25) is 0 Å². The number of benzene rings is 2. The summed E-state index contributed by atoms with van der Waals surface area (Å²) in [6, 6.07) is 15.4. The third-order valence-electron chi connectivity index (χ3n) is 3.76. The maximum Gasteiger partial charge on any atom is 0.0577 e. The van der Waals surface area contributed by atoms with E-state index < -0.39 is 0 Å². The van der Waals surface area contributed by atoms with Gasteiger partial charge in [-0.1, -0.05) is 68.3 Å². The molecule has 0 aliphatic rings. The number of hydrogen-bond acceptors (Lipinski definition) is 1. The average Bonchev–Trinajstić information content (AvgIpc) is 2.48. The van der Waals surface area contributed by atoms with Gasteiger partial charge in [0, 0.05) is 5.02 Å². The molecule has 112 valence electrons. The van der Waals surface area contributed by atoms with Crippen molar-refractivity contribution in [3.05, 3.63) is 69.7 Å². The van der Waals surface area contributed by atoms with Gasteiger partial charge in [0.25, 0.3) is 0 Å². The van der Waals surface area contributed by atoms with Crippen LogP contribution in [0.4, 0.5) is 0 Å². The van der Waals surface area contributed by atoms with Crippen LogP contribution < -0.4 is 5.32 Å². The van der Waals surface area contributed by atoms with Crippen molar-refractivity contribution in [2.24, 2.45) is 0 Å². The Kier molecular flexibility index (Phi) is 5.84. The van der Waals surface area contributed by atoms with E-state index in [0.29, 0.717) is 0 Å². The smallest absolute Gasteiger partial charge is 0.0577 e. The topological polar surface area (TPSA) is 12.0 Å². The molecule has 21 heavy (non-hydrogen) atoms. The van der Waals surface area contributed by atoms with Gasteiger partial charge in [0.05, 0.1) is 6.04 Å². The molecule has 0 radical (unpaired) electrons. The highest BCUT2D eigenvalue weighted by molar-refractivity contribution is 6.31. The van der Waals surface area contributed by atoms with Gasteiger partial charge in [-0.25, -0.2) is 0 Å². The van der Waals surface area contributed by atoms with E-state index in [1.54, 1.807) is 0 Å². The Morgan fingerprint density at radius 2 is 1.81 bits per heavy atom. The molecule has 1 N–H and O–H groups in total. The van der Waals surface area contributed by atoms with Gasteiger partial charge in [-0.2, -0.15) is 0 Å². The van der Waals surface area contributed by atoms with Gasteiger partial charge in [-0.15, -0.1) is 0 Å². The van der Waals surface area contributed by atoms with Crippen LogP contribution in [0, 0.1) is 6.92 Å². The third kappa shape index (κ3) is 4.09. The molecule has 1 atom stereocenters. The predicted octanol–water partition coefficient (Wildman–Crippen LogP) is 5.30. The fraction of sp³-hybridized carbons (Fsp3) is 0.368. The zero-order valence-electron chi connectivity index (χ0n) is 13.1. The molecule has 2 aromatic carbocycles. The van der Waals surface area contributed by atoms with Crippen molar-refractivity contribution in [2.75, 3.05) is 6.54 Å².